The van der Waals surface area contributed by atoms with Gasteiger partial charge in [-0.3, -0.25) is 9.79 Å². The number of aliphatic imine (C=N–C) groups is 1. The van der Waals surface area contributed by atoms with Crippen molar-refractivity contribution in [3.05, 3.63) is 77.3 Å². The van der Waals surface area contributed by atoms with Crippen LogP contribution >= 0.6 is 11.3 Å². The van der Waals surface area contributed by atoms with Crippen molar-refractivity contribution >= 4 is 51.0 Å². The molecule has 0 saturated heterocycles. The van der Waals surface area contributed by atoms with Crippen LogP contribution in [0.25, 0.3) is 10.2 Å². The maximum absolute atomic E-state index is 12.5. The van der Waals surface area contributed by atoms with E-state index in [1.807, 2.05) is 12.1 Å². The van der Waals surface area contributed by atoms with Crippen molar-refractivity contribution < 1.29 is 19.1 Å². The van der Waals surface area contributed by atoms with Crippen LogP contribution in [0, 0.1) is 0 Å². The molecule has 0 saturated carbocycles. The molecule has 0 bridgehead atoms. The Balaban J connectivity index is 1.33. The van der Waals surface area contributed by atoms with E-state index in [0.717, 1.165) is 21.5 Å². The predicted molar refractivity (Wildman–Crippen MR) is 123 cm³/mol. The molecule has 1 N–H and O–H groups in total. The molecule has 1 amide bonds. The second-order valence-corrected chi connectivity index (χ2v) is 7.94. The number of esters is 1. The van der Waals surface area contributed by atoms with Crippen LogP contribution in [-0.4, -0.2) is 30.2 Å². The monoisotopic (exact) mass is 443 g/mol. The van der Waals surface area contributed by atoms with Crippen LogP contribution in [0.2, 0.25) is 0 Å². The first-order chi connectivity index (χ1) is 15.6. The van der Waals surface area contributed by atoms with Crippen molar-refractivity contribution in [2.75, 3.05) is 12.4 Å². The van der Waals surface area contributed by atoms with Gasteiger partial charge in [-0.2, -0.15) is 0 Å². The number of thiazole rings is 1. The van der Waals surface area contributed by atoms with Crippen molar-refractivity contribution in [1.82, 2.24) is 4.98 Å². The van der Waals surface area contributed by atoms with E-state index >= 15 is 0 Å². The largest absolute Gasteiger partial charge is 0.465 e. The summed E-state index contributed by atoms with van der Waals surface area (Å²) < 4.78 is 11.5. The lowest BCUT2D eigenvalue weighted by molar-refractivity contribution is -0.115. The Morgan fingerprint density at radius 2 is 1.97 bits per heavy atom. The first-order valence-corrected chi connectivity index (χ1v) is 10.7. The third-order valence-electron chi connectivity index (χ3n) is 5.09. The molecule has 32 heavy (non-hydrogen) atoms. The van der Waals surface area contributed by atoms with Gasteiger partial charge >= 0.3 is 5.97 Å². The maximum Gasteiger partial charge on any atom is 0.337 e. The van der Waals surface area contributed by atoms with Crippen molar-refractivity contribution in [2.24, 2.45) is 4.99 Å². The quantitative estimate of drug-likeness (QED) is 0.333. The number of hydrogen-bond acceptors (Lipinski definition) is 7. The molecule has 0 aliphatic carbocycles. The summed E-state index contributed by atoms with van der Waals surface area (Å²) in [7, 11) is 1.34. The van der Waals surface area contributed by atoms with Gasteiger partial charge in [0.2, 0.25) is 5.91 Å². The third-order valence-corrected chi connectivity index (χ3v) is 5.96. The molecule has 5 rings (SSSR count). The van der Waals surface area contributed by atoms with Crippen molar-refractivity contribution in [2.45, 2.75) is 5.92 Å². The Hall–Kier alpha value is -4.04. The number of ether oxygens (including phenoxy) is 2. The van der Waals surface area contributed by atoms with Gasteiger partial charge in [-0.25, -0.2) is 9.78 Å². The summed E-state index contributed by atoms with van der Waals surface area (Å²) in [5, 5.41) is 2.91. The van der Waals surface area contributed by atoms with Crippen LogP contribution in [0.1, 0.15) is 21.8 Å². The molecule has 1 aliphatic heterocycles. The van der Waals surface area contributed by atoms with Crippen molar-refractivity contribution in [3.63, 3.8) is 0 Å². The molecular weight excluding hydrogens is 426 g/mol. The van der Waals surface area contributed by atoms with E-state index in [1.54, 1.807) is 60.3 Å². The van der Waals surface area contributed by atoms with Gasteiger partial charge in [0.1, 0.15) is 17.4 Å². The zero-order chi connectivity index (χ0) is 22.1. The minimum atomic E-state index is -0.467. The van der Waals surface area contributed by atoms with Gasteiger partial charge < -0.3 is 14.8 Å². The third kappa shape index (κ3) is 3.72. The lowest BCUT2D eigenvalue weighted by atomic mass is 10.0. The molecule has 0 radical (unpaired) electrons. The molecule has 1 unspecified atom stereocenters. The van der Waals surface area contributed by atoms with Crippen molar-refractivity contribution in [3.8, 4) is 11.5 Å². The van der Waals surface area contributed by atoms with Gasteiger partial charge in [0, 0.05) is 17.5 Å². The number of aromatic nitrogens is 1. The van der Waals surface area contributed by atoms with E-state index in [4.69, 9.17) is 9.47 Å². The molecule has 7 nitrogen and oxygen atoms in total. The second kappa shape index (κ2) is 8.24. The van der Waals surface area contributed by atoms with E-state index in [9.17, 15) is 9.59 Å². The number of amides is 1. The average molecular weight is 443 g/mol. The maximum atomic E-state index is 12.5. The molecule has 2 heterocycles. The molecule has 3 aromatic carbocycles. The normalized spacial score (nSPS) is 15.0. The van der Waals surface area contributed by atoms with Gasteiger partial charge in [-0.1, -0.05) is 6.07 Å². The molecule has 1 atom stereocenters. The van der Waals surface area contributed by atoms with Gasteiger partial charge in [-0.15, -0.1) is 11.3 Å². The molecule has 4 aromatic rings. The number of nitrogens with zero attached hydrogens (tertiary/aromatic N) is 2. The summed E-state index contributed by atoms with van der Waals surface area (Å²) in [6, 6.07) is 17.7. The molecule has 8 heteroatoms. The van der Waals surface area contributed by atoms with E-state index in [2.05, 4.69) is 15.3 Å². The zero-order valence-corrected chi connectivity index (χ0v) is 17.8. The average Bonchev–Trinajstić information content (AvgIpc) is 3.41. The smallest absolute Gasteiger partial charge is 0.337 e. The second-order valence-electron chi connectivity index (χ2n) is 7.09. The number of hydrogen-bond donors (Lipinski definition) is 1. The number of carbonyl (C=O) groups excluding carboxylic acids is 2. The Bertz CT molecular complexity index is 1360. The predicted octanol–water partition coefficient (Wildman–Crippen LogP) is 5.31. The molecule has 0 fully saturated rings. The molecular formula is C24H17N3O4S. The van der Waals surface area contributed by atoms with E-state index < -0.39 is 11.9 Å². The Kier molecular flexibility index (Phi) is 5.12. The highest BCUT2D eigenvalue weighted by Gasteiger charge is 2.31. The van der Waals surface area contributed by atoms with Crippen LogP contribution in [0.5, 0.6) is 11.5 Å². The number of carbonyl (C=O) groups is 2. The molecule has 158 valence electrons. The van der Waals surface area contributed by atoms with Crippen LogP contribution in [0.3, 0.4) is 0 Å². The fraction of sp³-hybridized carbons (Fsp3) is 0.0833. The van der Waals surface area contributed by atoms with E-state index in [-0.39, 0.29) is 5.91 Å². The topological polar surface area (TPSA) is 89.9 Å². The number of nitrogens with one attached hydrogen (secondary N) is 1. The van der Waals surface area contributed by atoms with Crippen LogP contribution < -0.4 is 10.1 Å². The van der Waals surface area contributed by atoms with Gasteiger partial charge in [0.15, 0.2) is 0 Å². The lowest BCUT2D eigenvalue weighted by Gasteiger charge is -2.07. The van der Waals surface area contributed by atoms with Gasteiger partial charge in [0.25, 0.3) is 0 Å². The number of fused-ring (bicyclic) bond motifs is 3. The summed E-state index contributed by atoms with van der Waals surface area (Å²) in [5.74, 6) is 0.132. The highest BCUT2D eigenvalue weighted by Crippen LogP contribution is 2.39. The summed E-state index contributed by atoms with van der Waals surface area (Å²) in [4.78, 5) is 33.0. The van der Waals surface area contributed by atoms with E-state index in [1.165, 1.54) is 18.4 Å². The summed E-state index contributed by atoms with van der Waals surface area (Å²) in [5.41, 5.74) is 5.49. The summed E-state index contributed by atoms with van der Waals surface area (Å²) >= 11 is 1.52. The number of anilines is 1. The highest BCUT2D eigenvalue weighted by atomic mass is 32.1. The van der Waals surface area contributed by atoms with Crippen LogP contribution in [-0.2, 0) is 9.53 Å². The number of benzene rings is 3. The number of methoxy groups -OCH3 is 1. The Morgan fingerprint density at radius 1 is 1.12 bits per heavy atom. The van der Waals surface area contributed by atoms with Crippen LogP contribution in [0.4, 0.5) is 11.4 Å². The Labute approximate surface area is 187 Å². The first-order valence-electron chi connectivity index (χ1n) is 9.80. The minimum absolute atomic E-state index is 0.102. The van der Waals surface area contributed by atoms with Crippen LogP contribution in [0.15, 0.2) is 71.2 Å². The van der Waals surface area contributed by atoms with Crippen molar-refractivity contribution in [1.29, 1.82) is 0 Å². The van der Waals surface area contributed by atoms with E-state index in [0.29, 0.717) is 22.7 Å². The highest BCUT2D eigenvalue weighted by molar-refractivity contribution is 7.17. The summed E-state index contributed by atoms with van der Waals surface area (Å²) in [6.45, 7) is 0. The molecule has 1 aromatic heterocycles. The SMILES string of the molecule is COC(=O)c1cccc(Oc2ccc(N=CC3C(=O)Nc4ccc5ncsc5c43)cc2)c1. The van der Waals surface area contributed by atoms with Gasteiger partial charge in [0.05, 0.1) is 34.1 Å². The fourth-order valence-electron chi connectivity index (χ4n) is 3.55. The summed E-state index contributed by atoms with van der Waals surface area (Å²) in [6.07, 6.45) is 1.66. The lowest BCUT2D eigenvalue weighted by Crippen LogP contribution is -2.12. The molecule has 0 spiro atoms. The first kappa shape index (κ1) is 19.9. The minimum Gasteiger partial charge on any atom is -0.465 e. The zero-order valence-electron chi connectivity index (χ0n) is 16.9. The van der Waals surface area contributed by atoms with Gasteiger partial charge in [-0.05, 0) is 54.6 Å². The standard InChI is InChI=1S/C24H17N3O4S/c1-30-24(29)14-3-2-4-17(11-14)31-16-7-5-15(6-8-16)25-12-18-21-19(27-23(18)28)9-10-20-22(21)32-13-26-20/h2-13,18H,1H3,(H,27,28). The number of rotatable bonds is 5. The molecule has 1 aliphatic rings. The fourth-order valence-corrected chi connectivity index (χ4v) is 4.43. The Morgan fingerprint density at radius 3 is 2.78 bits per heavy atom.